The number of rotatable bonds is 9. The monoisotopic (exact) mass is 392 g/mol. The topological polar surface area (TPSA) is 36.9 Å². The van der Waals surface area contributed by atoms with Gasteiger partial charge < -0.3 is 18.9 Å². The predicted molar refractivity (Wildman–Crippen MR) is 116 cm³/mol. The van der Waals surface area contributed by atoms with E-state index in [1.165, 1.54) is 5.56 Å². The van der Waals surface area contributed by atoms with Crippen LogP contribution in [-0.2, 0) is 6.42 Å². The van der Waals surface area contributed by atoms with Gasteiger partial charge in [0.1, 0.15) is 23.0 Å². The fraction of sp³-hybridized carbons (Fsp3) is 0.280. The first-order valence-electron chi connectivity index (χ1n) is 9.68. The lowest BCUT2D eigenvalue weighted by Gasteiger charge is -2.23. The second-order valence-electron chi connectivity index (χ2n) is 6.79. The Kier molecular flexibility index (Phi) is 7.01. The fourth-order valence-corrected chi connectivity index (χ4v) is 3.66. The van der Waals surface area contributed by atoms with E-state index in [1.807, 2.05) is 42.5 Å². The van der Waals surface area contributed by atoms with E-state index in [2.05, 4.69) is 24.3 Å². The van der Waals surface area contributed by atoms with Crippen LogP contribution >= 0.6 is 0 Å². The van der Waals surface area contributed by atoms with E-state index in [0.717, 1.165) is 47.0 Å². The highest BCUT2D eigenvalue weighted by molar-refractivity contribution is 5.52. The third kappa shape index (κ3) is 4.83. The van der Waals surface area contributed by atoms with Crippen molar-refractivity contribution >= 4 is 0 Å². The second-order valence-corrected chi connectivity index (χ2v) is 6.79. The van der Waals surface area contributed by atoms with Gasteiger partial charge in [-0.25, -0.2) is 0 Å². The maximum Gasteiger partial charge on any atom is 0.122 e. The van der Waals surface area contributed by atoms with E-state index in [1.54, 1.807) is 28.4 Å². The van der Waals surface area contributed by atoms with E-state index in [4.69, 9.17) is 18.9 Å². The lowest BCUT2D eigenvalue weighted by atomic mass is 9.85. The molecule has 0 spiro atoms. The van der Waals surface area contributed by atoms with E-state index in [0.29, 0.717) is 0 Å². The number of aryl methyl sites for hydroxylation is 1. The van der Waals surface area contributed by atoms with Crippen molar-refractivity contribution in [2.45, 2.75) is 18.8 Å². The Balaban J connectivity index is 2.10. The number of hydrogen-bond acceptors (Lipinski definition) is 4. The summed E-state index contributed by atoms with van der Waals surface area (Å²) in [5.41, 5.74) is 3.42. The summed E-state index contributed by atoms with van der Waals surface area (Å²) < 4.78 is 22.4. The minimum atomic E-state index is 0.0466. The summed E-state index contributed by atoms with van der Waals surface area (Å²) in [6.07, 6.45) is 1.81. The van der Waals surface area contributed by atoms with Gasteiger partial charge in [-0.15, -0.1) is 0 Å². The molecule has 0 unspecified atom stereocenters. The van der Waals surface area contributed by atoms with Crippen molar-refractivity contribution in [3.8, 4) is 23.0 Å². The Labute approximate surface area is 173 Å². The van der Waals surface area contributed by atoms with Crippen LogP contribution in [0.1, 0.15) is 29.0 Å². The third-order valence-electron chi connectivity index (χ3n) is 5.19. The molecule has 0 aromatic heterocycles. The number of hydrogen-bond donors (Lipinski definition) is 0. The number of ether oxygens (including phenoxy) is 4. The van der Waals surface area contributed by atoms with Crippen molar-refractivity contribution in [1.29, 1.82) is 0 Å². The maximum atomic E-state index is 5.70. The fourth-order valence-electron chi connectivity index (χ4n) is 3.66. The first kappa shape index (κ1) is 20.6. The Hall–Kier alpha value is -3.14. The molecule has 0 heterocycles. The zero-order valence-corrected chi connectivity index (χ0v) is 17.5. The van der Waals surface area contributed by atoms with Crippen LogP contribution < -0.4 is 18.9 Å². The Morgan fingerprint density at radius 1 is 0.621 bits per heavy atom. The quantitative estimate of drug-likeness (QED) is 0.483. The number of benzene rings is 3. The van der Waals surface area contributed by atoms with Crippen LogP contribution in [0, 0.1) is 0 Å². The smallest absolute Gasteiger partial charge is 0.122 e. The first-order chi connectivity index (χ1) is 14.2. The highest BCUT2D eigenvalue weighted by Crippen LogP contribution is 2.42. The molecule has 3 aromatic rings. The van der Waals surface area contributed by atoms with Gasteiger partial charge in [-0.1, -0.05) is 30.3 Å². The molecular formula is C25H28O4. The van der Waals surface area contributed by atoms with Crippen molar-refractivity contribution in [2.75, 3.05) is 28.4 Å². The Morgan fingerprint density at radius 3 is 1.59 bits per heavy atom. The molecule has 0 atom stereocenters. The van der Waals surface area contributed by atoms with Crippen molar-refractivity contribution in [3.05, 3.63) is 83.4 Å². The van der Waals surface area contributed by atoms with E-state index in [9.17, 15) is 0 Å². The largest absolute Gasteiger partial charge is 0.497 e. The van der Waals surface area contributed by atoms with Gasteiger partial charge in [0.15, 0.2) is 0 Å². The molecule has 0 amide bonds. The van der Waals surface area contributed by atoms with Crippen LogP contribution in [0.3, 0.4) is 0 Å². The summed E-state index contributed by atoms with van der Waals surface area (Å²) in [6, 6.07) is 22.3. The van der Waals surface area contributed by atoms with Gasteiger partial charge in [0.05, 0.1) is 28.4 Å². The summed E-state index contributed by atoms with van der Waals surface area (Å²) in [5.74, 6) is 3.30. The standard InChI is InChI=1S/C25H28O4/c1-26-19-11-14-24(28-3)22(16-19)21(13-10-18-8-6-5-7-9-18)23-17-20(27-2)12-15-25(23)29-4/h5-9,11-12,14-17,21H,10,13H2,1-4H3. The molecule has 0 saturated carbocycles. The molecule has 0 radical (unpaired) electrons. The van der Waals surface area contributed by atoms with Gasteiger partial charge in [0.2, 0.25) is 0 Å². The summed E-state index contributed by atoms with van der Waals surface area (Å²) in [7, 11) is 6.75. The van der Waals surface area contributed by atoms with Crippen molar-refractivity contribution in [3.63, 3.8) is 0 Å². The number of methoxy groups -OCH3 is 4. The van der Waals surface area contributed by atoms with Crippen LogP contribution in [0.15, 0.2) is 66.7 Å². The average Bonchev–Trinajstić information content (AvgIpc) is 2.79. The van der Waals surface area contributed by atoms with Gasteiger partial charge >= 0.3 is 0 Å². The molecule has 0 aliphatic heterocycles. The Bertz CT molecular complexity index is 866. The highest BCUT2D eigenvalue weighted by atomic mass is 16.5. The predicted octanol–water partition coefficient (Wildman–Crippen LogP) is 5.49. The van der Waals surface area contributed by atoms with E-state index >= 15 is 0 Å². The zero-order chi connectivity index (χ0) is 20.6. The lowest BCUT2D eigenvalue weighted by molar-refractivity contribution is 0.388. The van der Waals surface area contributed by atoms with E-state index < -0.39 is 0 Å². The molecule has 4 heteroatoms. The molecule has 3 aromatic carbocycles. The summed E-state index contributed by atoms with van der Waals surface area (Å²) in [5, 5.41) is 0. The van der Waals surface area contributed by atoms with Crippen molar-refractivity contribution < 1.29 is 18.9 Å². The minimum Gasteiger partial charge on any atom is -0.497 e. The molecule has 29 heavy (non-hydrogen) atoms. The first-order valence-corrected chi connectivity index (χ1v) is 9.68. The van der Waals surface area contributed by atoms with Crippen LogP contribution in [0.25, 0.3) is 0 Å². The summed E-state index contributed by atoms with van der Waals surface area (Å²) in [6.45, 7) is 0. The zero-order valence-electron chi connectivity index (χ0n) is 17.5. The minimum absolute atomic E-state index is 0.0466. The molecule has 4 nitrogen and oxygen atoms in total. The van der Waals surface area contributed by atoms with Gasteiger partial charge in [0, 0.05) is 17.0 Å². The van der Waals surface area contributed by atoms with Gasteiger partial charge in [-0.3, -0.25) is 0 Å². The molecule has 0 aliphatic rings. The van der Waals surface area contributed by atoms with Crippen molar-refractivity contribution in [2.24, 2.45) is 0 Å². The SMILES string of the molecule is COc1ccc(OC)c(C(CCc2ccccc2)c2cc(OC)ccc2OC)c1. The van der Waals surface area contributed by atoms with Crippen LogP contribution in [-0.4, -0.2) is 28.4 Å². The van der Waals surface area contributed by atoms with E-state index in [-0.39, 0.29) is 5.92 Å². The van der Waals surface area contributed by atoms with Crippen molar-refractivity contribution in [1.82, 2.24) is 0 Å². The Morgan fingerprint density at radius 2 is 1.14 bits per heavy atom. The summed E-state index contributed by atoms with van der Waals surface area (Å²) in [4.78, 5) is 0. The molecular weight excluding hydrogens is 364 g/mol. The van der Waals surface area contributed by atoms with Gasteiger partial charge in [0.25, 0.3) is 0 Å². The van der Waals surface area contributed by atoms with Gasteiger partial charge in [-0.05, 0) is 54.8 Å². The third-order valence-corrected chi connectivity index (χ3v) is 5.19. The second kappa shape index (κ2) is 9.87. The molecule has 0 fully saturated rings. The molecule has 0 aliphatic carbocycles. The maximum absolute atomic E-state index is 5.70. The average molecular weight is 392 g/mol. The normalized spacial score (nSPS) is 10.7. The van der Waals surface area contributed by atoms with Crippen LogP contribution in [0.5, 0.6) is 23.0 Å². The lowest BCUT2D eigenvalue weighted by Crippen LogP contribution is -2.08. The molecule has 0 bridgehead atoms. The van der Waals surface area contributed by atoms with Gasteiger partial charge in [-0.2, -0.15) is 0 Å². The molecule has 0 saturated heterocycles. The molecule has 0 N–H and O–H groups in total. The molecule has 152 valence electrons. The van der Waals surface area contributed by atoms with Crippen LogP contribution in [0.4, 0.5) is 0 Å². The summed E-state index contributed by atoms with van der Waals surface area (Å²) >= 11 is 0. The molecule has 3 rings (SSSR count). The highest BCUT2D eigenvalue weighted by Gasteiger charge is 2.23. The van der Waals surface area contributed by atoms with Crippen LogP contribution in [0.2, 0.25) is 0 Å².